The Balaban J connectivity index is 1.71. The zero-order valence-electron chi connectivity index (χ0n) is 18.4. The Morgan fingerprint density at radius 2 is 1.71 bits per heavy atom. The lowest BCUT2D eigenvalue weighted by Crippen LogP contribution is -2.52. The van der Waals surface area contributed by atoms with Crippen LogP contribution in [0.5, 0.6) is 0 Å². The summed E-state index contributed by atoms with van der Waals surface area (Å²) in [7, 11) is 0. The van der Waals surface area contributed by atoms with Gasteiger partial charge in [0, 0.05) is 23.3 Å². The number of halogens is 2. The Labute approximate surface area is 210 Å². The van der Waals surface area contributed by atoms with Crippen LogP contribution < -0.4 is 0 Å². The maximum absolute atomic E-state index is 13.5. The van der Waals surface area contributed by atoms with Gasteiger partial charge in [0.1, 0.15) is 6.54 Å². The van der Waals surface area contributed by atoms with E-state index in [1.54, 1.807) is 0 Å². The van der Waals surface area contributed by atoms with Crippen LogP contribution in [0.25, 0.3) is 0 Å². The molecular formula is C24H19Cl2N3O6. The first-order chi connectivity index (χ1) is 16.6. The molecule has 35 heavy (non-hydrogen) atoms. The standard InChI is InChI=1S/C24H19Cl2N3O6/c1-13-3-2-4-17-21(13)24(33)28(23(17)32)27(22(31)15-7-10-18(25)19(26)11-15)12-20(30)14-5-8-16(9-6-14)29(34)35/h2-3,5-11,13,17,21H,4,12H2,1H3/t13-,17+,21+/m1/s1. The molecule has 1 heterocycles. The molecule has 0 N–H and O–H groups in total. The number of nitro benzene ring substituents is 1. The molecule has 1 fully saturated rings. The molecule has 4 rings (SSSR count). The molecule has 3 atom stereocenters. The van der Waals surface area contributed by atoms with E-state index in [0.717, 1.165) is 22.2 Å². The van der Waals surface area contributed by atoms with E-state index in [2.05, 4.69) is 0 Å². The molecule has 2 aromatic carbocycles. The fourth-order valence-corrected chi connectivity index (χ4v) is 4.67. The number of rotatable bonds is 6. The number of nitro groups is 1. The number of benzene rings is 2. The lowest BCUT2D eigenvalue weighted by atomic mass is 9.78. The highest BCUT2D eigenvalue weighted by Gasteiger charge is 2.53. The number of nitrogens with zero attached hydrogens (tertiary/aromatic N) is 3. The number of Topliss-reactive ketones (excluding diaryl/α,β-unsaturated/α-hetero) is 1. The fourth-order valence-electron chi connectivity index (χ4n) is 4.38. The summed E-state index contributed by atoms with van der Waals surface area (Å²) < 4.78 is 0. The zero-order valence-corrected chi connectivity index (χ0v) is 19.9. The van der Waals surface area contributed by atoms with Gasteiger partial charge in [-0.2, -0.15) is 5.01 Å². The highest BCUT2D eigenvalue weighted by molar-refractivity contribution is 6.42. The summed E-state index contributed by atoms with van der Waals surface area (Å²) in [5, 5.41) is 12.8. The molecule has 3 amide bonds. The van der Waals surface area contributed by atoms with E-state index in [4.69, 9.17) is 23.2 Å². The number of carbonyl (C=O) groups excluding carboxylic acids is 4. The van der Waals surface area contributed by atoms with E-state index in [1.807, 2.05) is 19.1 Å². The van der Waals surface area contributed by atoms with Crippen molar-refractivity contribution in [2.45, 2.75) is 13.3 Å². The van der Waals surface area contributed by atoms with Crippen molar-refractivity contribution in [3.05, 3.63) is 85.9 Å². The Kier molecular flexibility index (Phi) is 6.73. The Hall–Kier alpha value is -3.56. The minimum atomic E-state index is -0.792. The molecule has 1 saturated heterocycles. The van der Waals surface area contributed by atoms with Crippen molar-refractivity contribution < 1.29 is 24.1 Å². The number of carbonyl (C=O) groups is 4. The monoisotopic (exact) mass is 515 g/mol. The number of non-ortho nitro benzene ring substituents is 1. The zero-order chi connectivity index (χ0) is 25.4. The van der Waals surface area contributed by atoms with Gasteiger partial charge >= 0.3 is 0 Å². The van der Waals surface area contributed by atoms with Gasteiger partial charge in [0.15, 0.2) is 5.78 Å². The molecule has 0 saturated carbocycles. The summed E-state index contributed by atoms with van der Waals surface area (Å²) in [5.74, 6) is -4.05. The van der Waals surface area contributed by atoms with Crippen molar-refractivity contribution in [2.75, 3.05) is 6.54 Å². The fraction of sp³-hybridized carbons (Fsp3) is 0.250. The van der Waals surface area contributed by atoms with Crippen LogP contribution in [-0.4, -0.2) is 45.0 Å². The van der Waals surface area contributed by atoms with Crippen LogP contribution in [0.15, 0.2) is 54.6 Å². The van der Waals surface area contributed by atoms with Crippen molar-refractivity contribution in [3.63, 3.8) is 0 Å². The van der Waals surface area contributed by atoms with Crippen LogP contribution in [0.4, 0.5) is 5.69 Å². The van der Waals surface area contributed by atoms with Gasteiger partial charge in [-0.05, 0) is 42.7 Å². The summed E-state index contributed by atoms with van der Waals surface area (Å²) in [5.41, 5.74) is -0.104. The SMILES string of the molecule is C[C@@H]1C=CC[C@@H]2C(=O)N(N(CC(=O)c3ccc([N+](=O)[O-])cc3)C(=O)c3ccc(Cl)c(Cl)c3)C(=O)[C@@H]12. The first-order valence-electron chi connectivity index (χ1n) is 10.7. The molecule has 2 aromatic rings. The van der Waals surface area contributed by atoms with Gasteiger partial charge < -0.3 is 0 Å². The van der Waals surface area contributed by atoms with Crippen LogP contribution >= 0.6 is 23.2 Å². The van der Waals surface area contributed by atoms with Gasteiger partial charge in [0.25, 0.3) is 23.4 Å². The molecule has 2 aliphatic rings. The number of fused-ring (bicyclic) bond motifs is 1. The molecule has 0 radical (unpaired) electrons. The quantitative estimate of drug-likeness (QED) is 0.185. The molecule has 0 unspecified atom stereocenters. The second-order valence-corrected chi connectivity index (χ2v) is 9.18. The summed E-state index contributed by atoms with van der Waals surface area (Å²) in [6.45, 7) is 1.17. The number of amides is 3. The van der Waals surface area contributed by atoms with Gasteiger partial charge in [-0.15, -0.1) is 0 Å². The number of ketones is 1. The van der Waals surface area contributed by atoms with Gasteiger partial charge in [0.2, 0.25) is 0 Å². The number of hydrazine groups is 1. The second-order valence-electron chi connectivity index (χ2n) is 8.36. The van der Waals surface area contributed by atoms with Gasteiger partial charge in [-0.3, -0.25) is 29.3 Å². The van der Waals surface area contributed by atoms with E-state index in [1.165, 1.54) is 30.3 Å². The Bertz CT molecular complexity index is 1280. The van der Waals surface area contributed by atoms with Crippen molar-refractivity contribution in [2.24, 2.45) is 17.8 Å². The van der Waals surface area contributed by atoms with E-state index < -0.39 is 46.8 Å². The van der Waals surface area contributed by atoms with Crippen molar-refractivity contribution in [1.82, 2.24) is 10.0 Å². The normalized spacial score (nSPS) is 21.1. The third-order valence-electron chi connectivity index (χ3n) is 6.19. The molecule has 0 spiro atoms. The topological polar surface area (TPSA) is 118 Å². The van der Waals surface area contributed by atoms with Gasteiger partial charge in [0.05, 0.1) is 26.8 Å². The van der Waals surface area contributed by atoms with E-state index in [9.17, 15) is 29.3 Å². The predicted octanol–water partition coefficient (Wildman–Crippen LogP) is 4.34. The van der Waals surface area contributed by atoms with Crippen LogP contribution in [0, 0.1) is 27.9 Å². The van der Waals surface area contributed by atoms with E-state index in [-0.39, 0.29) is 32.8 Å². The average Bonchev–Trinajstić information content (AvgIpc) is 3.09. The maximum atomic E-state index is 13.5. The largest absolute Gasteiger partial charge is 0.292 e. The maximum Gasteiger partial charge on any atom is 0.273 e. The summed E-state index contributed by atoms with van der Waals surface area (Å²) >= 11 is 12.0. The van der Waals surface area contributed by atoms with Crippen LogP contribution in [0.3, 0.4) is 0 Å². The Morgan fingerprint density at radius 1 is 1.06 bits per heavy atom. The van der Waals surface area contributed by atoms with Crippen LogP contribution in [0.1, 0.15) is 34.1 Å². The molecule has 180 valence electrons. The molecule has 1 aliphatic heterocycles. The number of allylic oxidation sites excluding steroid dienone is 2. The number of imide groups is 1. The lowest BCUT2D eigenvalue weighted by molar-refractivity contribution is -0.384. The Morgan fingerprint density at radius 3 is 2.31 bits per heavy atom. The predicted molar refractivity (Wildman–Crippen MR) is 127 cm³/mol. The third kappa shape index (κ3) is 4.56. The minimum absolute atomic E-state index is 0.0255. The van der Waals surface area contributed by atoms with E-state index in [0.29, 0.717) is 6.42 Å². The number of hydrogen-bond acceptors (Lipinski definition) is 6. The molecule has 1 aliphatic carbocycles. The highest BCUT2D eigenvalue weighted by Crippen LogP contribution is 2.39. The summed E-state index contributed by atoms with van der Waals surface area (Å²) in [6, 6.07) is 8.88. The van der Waals surface area contributed by atoms with E-state index >= 15 is 0 Å². The average molecular weight is 516 g/mol. The van der Waals surface area contributed by atoms with Crippen LogP contribution in [0.2, 0.25) is 10.0 Å². The minimum Gasteiger partial charge on any atom is -0.292 e. The van der Waals surface area contributed by atoms with Gasteiger partial charge in [-0.1, -0.05) is 42.3 Å². The summed E-state index contributed by atoms with van der Waals surface area (Å²) in [6.07, 6.45) is 4.03. The van der Waals surface area contributed by atoms with Crippen LogP contribution in [-0.2, 0) is 9.59 Å². The van der Waals surface area contributed by atoms with Crippen molar-refractivity contribution in [1.29, 1.82) is 0 Å². The van der Waals surface area contributed by atoms with Crippen molar-refractivity contribution in [3.8, 4) is 0 Å². The number of hydrogen-bond donors (Lipinski definition) is 0. The highest BCUT2D eigenvalue weighted by atomic mass is 35.5. The van der Waals surface area contributed by atoms with Gasteiger partial charge in [-0.25, -0.2) is 5.01 Å². The van der Waals surface area contributed by atoms with Crippen molar-refractivity contribution >= 4 is 52.4 Å². The molecule has 0 bridgehead atoms. The molecular weight excluding hydrogens is 497 g/mol. The smallest absolute Gasteiger partial charge is 0.273 e. The lowest BCUT2D eigenvalue weighted by Gasteiger charge is -2.30. The molecule has 11 heteroatoms. The molecule has 9 nitrogen and oxygen atoms in total. The first kappa shape index (κ1) is 24.6. The summed E-state index contributed by atoms with van der Waals surface area (Å²) in [4.78, 5) is 63.5. The molecule has 0 aromatic heterocycles. The first-order valence-corrected chi connectivity index (χ1v) is 11.4. The second kappa shape index (κ2) is 9.59. The third-order valence-corrected chi connectivity index (χ3v) is 6.92.